The van der Waals surface area contributed by atoms with Crippen molar-refractivity contribution in [3.05, 3.63) is 29.8 Å². The number of nitrogens with one attached hydrogen (secondary N) is 3. The number of benzene rings is 1. The summed E-state index contributed by atoms with van der Waals surface area (Å²) in [5.74, 6) is 0.829. The van der Waals surface area contributed by atoms with Gasteiger partial charge in [0.25, 0.3) is 11.8 Å². The van der Waals surface area contributed by atoms with Gasteiger partial charge in [0.05, 0.1) is 6.54 Å². The van der Waals surface area contributed by atoms with E-state index in [1.807, 2.05) is 13.8 Å². The number of thioether (sulfide) groups is 1. The van der Waals surface area contributed by atoms with Crippen LogP contribution in [0.1, 0.15) is 19.4 Å². The fourth-order valence-corrected chi connectivity index (χ4v) is 2.85. The van der Waals surface area contributed by atoms with Crippen molar-refractivity contribution < 1.29 is 14.5 Å². The lowest BCUT2D eigenvalue weighted by atomic mass is 10.2. The van der Waals surface area contributed by atoms with Gasteiger partial charge < -0.3 is 15.5 Å². The van der Waals surface area contributed by atoms with Gasteiger partial charge in [-0.2, -0.15) is 0 Å². The Kier molecular flexibility index (Phi) is 9.40. The fourth-order valence-electron chi connectivity index (χ4n) is 2.08. The molecule has 128 valence electrons. The third kappa shape index (κ3) is 8.62. The molecule has 2 amide bonds. The molecule has 1 aromatic rings. The summed E-state index contributed by atoms with van der Waals surface area (Å²) < 4.78 is 0. The summed E-state index contributed by atoms with van der Waals surface area (Å²) in [5.41, 5.74) is 1.25. The normalized spacial score (nSPS) is 11.8. The number of carbonyl (C=O) groups excluding carboxylic acids is 2. The van der Waals surface area contributed by atoms with Crippen LogP contribution in [-0.2, 0) is 9.59 Å². The second kappa shape index (κ2) is 11.1. The number of hydrogen-bond donors (Lipinski definition) is 3. The highest BCUT2D eigenvalue weighted by Crippen LogP contribution is 2.17. The Labute approximate surface area is 143 Å². The SMILES string of the molecule is CCNC(=O)C[NH+](CC)CC(=O)NCCSc1ccc(C)cc1. The summed E-state index contributed by atoms with van der Waals surface area (Å²) >= 11 is 1.73. The molecule has 5 nitrogen and oxygen atoms in total. The fraction of sp³-hybridized carbons (Fsp3) is 0.529. The van der Waals surface area contributed by atoms with Crippen molar-refractivity contribution in [3.63, 3.8) is 0 Å². The Hall–Kier alpha value is -1.53. The van der Waals surface area contributed by atoms with Crippen LogP contribution in [0.2, 0.25) is 0 Å². The molecule has 3 N–H and O–H groups in total. The summed E-state index contributed by atoms with van der Waals surface area (Å²) in [6, 6.07) is 8.36. The van der Waals surface area contributed by atoms with Crippen LogP contribution in [0, 0.1) is 6.92 Å². The molecule has 0 fully saturated rings. The van der Waals surface area contributed by atoms with Gasteiger partial charge >= 0.3 is 0 Å². The predicted molar refractivity (Wildman–Crippen MR) is 94.8 cm³/mol. The largest absolute Gasteiger partial charge is 0.351 e. The van der Waals surface area contributed by atoms with Gasteiger partial charge in [-0.05, 0) is 32.9 Å². The van der Waals surface area contributed by atoms with Crippen LogP contribution in [0.4, 0.5) is 0 Å². The van der Waals surface area contributed by atoms with E-state index in [2.05, 4.69) is 41.8 Å². The number of hydrogen-bond acceptors (Lipinski definition) is 3. The van der Waals surface area contributed by atoms with Crippen LogP contribution >= 0.6 is 11.8 Å². The first-order valence-electron chi connectivity index (χ1n) is 8.11. The van der Waals surface area contributed by atoms with Gasteiger partial charge in [0, 0.05) is 23.7 Å². The van der Waals surface area contributed by atoms with Crippen LogP contribution in [0.5, 0.6) is 0 Å². The summed E-state index contributed by atoms with van der Waals surface area (Å²) in [4.78, 5) is 25.7. The van der Waals surface area contributed by atoms with E-state index < -0.39 is 0 Å². The molecule has 1 atom stereocenters. The first kappa shape index (κ1) is 19.5. The standard InChI is InChI=1S/C17H27N3O2S/c1-4-18-16(21)12-20(5-2)13-17(22)19-10-11-23-15-8-6-14(3)7-9-15/h6-9H,4-5,10-13H2,1-3H3,(H,18,21)(H,19,22)/p+1. The van der Waals surface area contributed by atoms with Gasteiger partial charge in [-0.3, -0.25) is 9.59 Å². The summed E-state index contributed by atoms with van der Waals surface area (Å²) in [6.45, 7) is 8.63. The van der Waals surface area contributed by atoms with Crippen molar-refractivity contribution in [2.45, 2.75) is 25.7 Å². The van der Waals surface area contributed by atoms with Crippen molar-refractivity contribution in [2.75, 3.05) is 38.5 Å². The lowest BCUT2D eigenvalue weighted by molar-refractivity contribution is -0.881. The molecule has 0 saturated heterocycles. The smallest absolute Gasteiger partial charge is 0.275 e. The number of quaternary nitrogens is 1. The number of carbonyl (C=O) groups is 2. The molecule has 0 saturated carbocycles. The third-order valence-corrected chi connectivity index (χ3v) is 4.42. The summed E-state index contributed by atoms with van der Waals surface area (Å²) in [5, 5.41) is 5.69. The highest BCUT2D eigenvalue weighted by Gasteiger charge is 2.15. The Morgan fingerprint density at radius 1 is 1.04 bits per heavy atom. The van der Waals surface area contributed by atoms with Crippen molar-refractivity contribution in [2.24, 2.45) is 0 Å². The Balaban J connectivity index is 2.22. The maximum atomic E-state index is 11.9. The van der Waals surface area contributed by atoms with Crippen LogP contribution in [0.3, 0.4) is 0 Å². The zero-order chi connectivity index (χ0) is 17.1. The zero-order valence-electron chi connectivity index (χ0n) is 14.3. The van der Waals surface area contributed by atoms with E-state index in [1.54, 1.807) is 11.8 Å². The molecule has 1 unspecified atom stereocenters. The van der Waals surface area contributed by atoms with Gasteiger partial charge in [0.1, 0.15) is 0 Å². The number of likely N-dealkylation sites (N-methyl/N-ethyl adjacent to an activating group) is 2. The van der Waals surface area contributed by atoms with E-state index in [1.165, 1.54) is 10.5 Å². The topological polar surface area (TPSA) is 62.6 Å². The highest BCUT2D eigenvalue weighted by atomic mass is 32.2. The number of rotatable bonds is 10. The first-order chi connectivity index (χ1) is 11.0. The van der Waals surface area contributed by atoms with Gasteiger partial charge in [-0.25, -0.2) is 0 Å². The minimum atomic E-state index is -0.00734. The zero-order valence-corrected chi connectivity index (χ0v) is 15.1. The predicted octanol–water partition coefficient (Wildman–Crippen LogP) is 0.244. The summed E-state index contributed by atoms with van der Waals surface area (Å²) in [7, 11) is 0. The van der Waals surface area contributed by atoms with Crippen LogP contribution in [-0.4, -0.2) is 50.3 Å². The molecule has 6 heteroatoms. The van der Waals surface area contributed by atoms with Gasteiger partial charge in [0.15, 0.2) is 13.1 Å². The minimum Gasteiger partial charge on any atom is -0.351 e. The molecule has 0 aliphatic carbocycles. The number of amides is 2. The van der Waals surface area contributed by atoms with Crippen molar-refractivity contribution in [3.8, 4) is 0 Å². The maximum Gasteiger partial charge on any atom is 0.275 e. The second-order valence-corrected chi connectivity index (χ2v) is 6.59. The molecule has 0 aliphatic rings. The van der Waals surface area contributed by atoms with Gasteiger partial charge in [0.2, 0.25) is 0 Å². The number of aryl methyl sites for hydroxylation is 1. The molecule has 0 bridgehead atoms. The average Bonchev–Trinajstić information content (AvgIpc) is 2.53. The van der Waals surface area contributed by atoms with Crippen LogP contribution < -0.4 is 15.5 Å². The monoisotopic (exact) mass is 338 g/mol. The molecule has 0 aromatic heterocycles. The van der Waals surface area contributed by atoms with Crippen LogP contribution in [0.25, 0.3) is 0 Å². The average molecular weight is 338 g/mol. The lowest BCUT2D eigenvalue weighted by Crippen LogP contribution is -3.14. The molecular formula is C17H28N3O2S+. The van der Waals surface area contributed by atoms with Crippen molar-refractivity contribution in [1.29, 1.82) is 0 Å². The highest BCUT2D eigenvalue weighted by molar-refractivity contribution is 7.99. The maximum absolute atomic E-state index is 11.9. The Morgan fingerprint density at radius 3 is 2.22 bits per heavy atom. The van der Waals surface area contributed by atoms with Crippen molar-refractivity contribution in [1.82, 2.24) is 10.6 Å². The van der Waals surface area contributed by atoms with E-state index >= 15 is 0 Å². The Morgan fingerprint density at radius 2 is 1.65 bits per heavy atom. The minimum absolute atomic E-state index is 0.00402. The van der Waals surface area contributed by atoms with E-state index in [4.69, 9.17) is 0 Å². The van der Waals surface area contributed by atoms with E-state index in [0.29, 0.717) is 26.2 Å². The molecule has 0 aliphatic heterocycles. The van der Waals surface area contributed by atoms with E-state index in [9.17, 15) is 9.59 Å². The van der Waals surface area contributed by atoms with E-state index in [-0.39, 0.29) is 11.8 Å². The molecule has 0 spiro atoms. The lowest BCUT2D eigenvalue weighted by Gasteiger charge is -2.16. The first-order valence-corrected chi connectivity index (χ1v) is 9.10. The summed E-state index contributed by atoms with van der Waals surface area (Å²) in [6.07, 6.45) is 0. The van der Waals surface area contributed by atoms with Gasteiger partial charge in [-0.1, -0.05) is 17.7 Å². The van der Waals surface area contributed by atoms with Crippen LogP contribution in [0.15, 0.2) is 29.2 Å². The molecule has 0 heterocycles. The quantitative estimate of drug-likeness (QED) is 0.423. The third-order valence-electron chi connectivity index (χ3n) is 3.41. The molecule has 23 heavy (non-hydrogen) atoms. The molecule has 1 aromatic carbocycles. The Bertz CT molecular complexity index is 491. The molecule has 1 rings (SSSR count). The van der Waals surface area contributed by atoms with Crippen molar-refractivity contribution >= 4 is 23.6 Å². The molecular weight excluding hydrogens is 310 g/mol. The van der Waals surface area contributed by atoms with Gasteiger partial charge in [-0.15, -0.1) is 11.8 Å². The molecule has 0 radical (unpaired) electrons. The van der Waals surface area contributed by atoms with E-state index in [0.717, 1.165) is 17.2 Å². The second-order valence-electron chi connectivity index (χ2n) is 5.42.